The number of nitrogens with zero attached hydrogens (tertiary/aromatic N) is 4. The third-order valence-electron chi connectivity index (χ3n) is 3.96. The molecule has 0 atom stereocenters. The molecule has 1 fully saturated rings. The topological polar surface area (TPSA) is 80.0 Å². The van der Waals surface area contributed by atoms with Crippen molar-refractivity contribution in [2.75, 3.05) is 23.3 Å². The molecule has 0 radical (unpaired) electrons. The predicted octanol–water partition coefficient (Wildman–Crippen LogP) is 3.36. The molecule has 1 aliphatic rings. The Bertz CT molecular complexity index is 961. The summed E-state index contributed by atoms with van der Waals surface area (Å²) in [5.74, 6) is 0.627. The minimum absolute atomic E-state index is 0.145. The molecule has 25 heavy (non-hydrogen) atoms. The highest BCUT2D eigenvalue weighted by Crippen LogP contribution is 2.31. The molecule has 0 saturated carbocycles. The average molecular weight is 379 g/mol. The molecule has 0 amide bonds. The van der Waals surface area contributed by atoms with E-state index < -0.39 is 5.82 Å². The number of anilines is 3. The summed E-state index contributed by atoms with van der Waals surface area (Å²) in [7, 11) is 0. The summed E-state index contributed by atoms with van der Waals surface area (Å²) < 4.78 is 14.1. The van der Waals surface area contributed by atoms with Gasteiger partial charge in [0.05, 0.1) is 21.2 Å². The molecule has 0 aliphatic carbocycles. The van der Waals surface area contributed by atoms with Crippen LogP contribution in [0.3, 0.4) is 0 Å². The van der Waals surface area contributed by atoms with Crippen molar-refractivity contribution >= 4 is 51.6 Å². The van der Waals surface area contributed by atoms with E-state index in [0.29, 0.717) is 16.9 Å². The van der Waals surface area contributed by atoms with Crippen LogP contribution in [0.25, 0.3) is 11.0 Å². The van der Waals surface area contributed by atoms with E-state index >= 15 is 0 Å². The van der Waals surface area contributed by atoms with Gasteiger partial charge in [0.1, 0.15) is 23.5 Å². The van der Waals surface area contributed by atoms with Crippen molar-refractivity contribution in [3.63, 3.8) is 0 Å². The van der Waals surface area contributed by atoms with Crippen molar-refractivity contribution in [2.24, 2.45) is 5.73 Å². The fourth-order valence-corrected chi connectivity index (χ4v) is 2.96. The van der Waals surface area contributed by atoms with Crippen LogP contribution in [0.4, 0.5) is 21.7 Å². The number of pyridine rings is 1. The van der Waals surface area contributed by atoms with Crippen molar-refractivity contribution in [1.82, 2.24) is 15.0 Å². The van der Waals surface area contributed by atoms with Crippen LogP contribution in [-0.4, -0.2) is 34.1 Å². The molecular weight excluding hydrogens is 366 g/mol. The molecule has 9 heteroatoms. The van der Waals surface area contributed by atoms with Crippen molar-refractivity contribution in [3.05, 3.63) is 46.5 Å². The lowest BCUT2D eigenvalue weighted by Gasteiger charge is -2.37. The van der Waals surface area contributed by atoms with Gasteiger partial charge in [0, 0.05) is 19.1 Å². The van der Waals surface area contributed by atoms with Gasteiger partial charge in [-0.15, -0.1) is 0 Å². The Labute approximate surface area is 152 Å². The molecule has 0 spiro atoms. The van der Waals surface area contributed by atoms with Gasteiger partial charge in [-0.3, -0.25) is 0 Å². The van der Waals surface area contributed by atoms with Gasteiger partial charge in [-0.25, -0.2) is 19.3 Å². The van der Waals surface area contributed by atoms with Crippen molar-refractivity contribution in [1.29, 1.82) is 0 Å². The van der Waals surface area contributed by atoms with Gasteiger partial charge in [-0.05, 0) is 24.3 Å². The SMILES string of the molecule is NC1CN(c2ccc3ncnc(Nc4cc(Cl)c(Cl)cc4F)c3n2)C1. The van der Waals surface area contributed by atoms with Gasteiger partial charge < -0.3 is 16.0 Å². The zero-order valence-corrected chi connectivity index (χ0v) is 14.4. The molecule has 0 unspecified atom stereocenters. The molecule has 2 aromatic heterocycles. The first-order valence-corrected chi connectivity index (χ1v) is 8.30. The van der Waals surface area contributed by atoms with Crippen LogP contribution in [0.5, 0.6) is 0 Å². The molecule has 6 nitrogen and oxygen atoms in total. The normalized spacial score (nSPS) is 14.6. The predicted molar refractivity (Wildman–Crippen MR) is 97.2 cm³/mol. The quantitative estimate of drug-likeness (QED) is 0.680. The van der Waals surface area contributed by atoms with Gasteiger partial charge in [0.2, 0.25) is 0 Å². The number of nitrogens with one attached hydrogen (secondary N) is 1. The number of rotatable bonds is 3. The zero-order valence-electron chi connectivity index (χ0n) is 12.9. The lowest BCUT2D eigenvalue weighted by atomic mass is 10.1. The second kappa shape index (κ2) is 6.25. The number of aromatic nitrogens is 3. The smallest absolute Gasteiger partial charge is 0.160 e. The Morgan fingerprint density at radius 2 is 1.92 bits per heavy atom. The molecule has 4 rings (SSSR count). The Hall–Kier alpha value is -2.22. The molecule has 128 valence electrons. The Kier molecular flexibility index (Phi) is 4.07. The minimum Gasteiger partial charge on any atom is -0.353 e. The summed E-state index contributed by atoms with van der Waals surface area (Å²) in [5, 5.41) is 3.31. The molecule has 1 aromatic carbocycles. The van der Waals surface area contributed by atoms with Crippen LogP contribution in [-0.2, 0) is 0 Å². The highest BCUT2D eigenvalue weighted by atomic mass is 35.5. The van der Waals surface area contributed by atoms with E-state index in [1.165, 1.54) is 12.4 Å². The summed E-state index contributed by atoms with van der Waals surface area (Å²) in [6.07, 6.45) is 1.39. The third-order valence-corrected chi connectivity index (χ3v) is 4.69. The Balaban J connectivity index is 1.74. The van der Waals surface area contributed by atoms with Gasteiger partial charge in [-0.1, -0.05) is 23.2 Å². The summed E-state index contributed by atoms with van der Waals surface area (Å²) in [5.41, 5.74) is 7.16. The maximum atomic E-state index is 14.1. The first-order chi connectivity index (χ1) is 12.0. The first-order valence-electron chi connectivity index (χ1n) is 7.55. The monoisotopic (exact) mass is 378 g/mol. The molecule has 1 aliphatic heterocycles. The average Bonchev–Trinajstić information content (AvgIpc) is 2.57. The van der Waals surface area contributed by atoms with E-state index in [2.05, 4.69) is 25.2 Å². The number of hydrogen-bond donors (Lipinski definition) is 2. The van der Waals surface area contributed by atoms with E-state index in [0.717, 1.165) is 25.0 Å². The largest absolute Gasteiger partial charge is 0.353 e. The molecule has 3 aromatic rings. The van der Waals surface area contributed by atoms with E-state index in [1.807, 2.05) is 12.1 Å². The van der Waals surface area contributed by atoms with E-state index in [-0.39, 0.29) is 21.8 Å². The summed E-state index contributed by atoms with van der Waals surface area (Å²) in [6, 6.07) is 6.44. The first kappa shape index (κ1) is 16.3. The molecule has 3 heterocycles. The summed E-state index contributed by atoms with van der Waals surface area (Å²) >= 11 is 11.8. The van der Waals surface area contributed by atoms with Gasteiger partial charge in [-0.2, -0.15) is 0 Å². The third kappa shape index (κ3) is 3.06. The second-order valence-corrected chi connectivity index (χ2v) is 6.61. The van der Waals surface area contributed by atoms with Crippen LogP contribution in [0.2, 0.25) is 10.0 Å². The highest BCUT2D eigenvalue weighted by molar-refractivity contribution is 6.42. The maximum Gasteiger partial charge on any atom is 0.160 e. The summed E-state index contributed by atoms with van der Waals surface area (Å²) in [4.78, 5) is 15.0. The van der Waals surface area contributed by atoms with Crippen LogP contribution < -0.4 is 16.0 Å². The second-order valence-electron chi connectivity index (χ2n) is 5.80. The number of fused-ring (bicyclic) bond motifs is 1. The maximum absolute atomic E-state index is 14.1. The van der Waals surface area contributed by atoms with E-state index in [9.17, 15) is 4.39 Å². The highest BCUT2D eigenvalue weighted by Gasteiger charge is 2.24. The fraction of sp³-hybridized carbons (Fsp3) is 0.188. The van der Waals surface area contributed by atoms with Gasteiger partial charge in [0.25, 0.3) is 0 Å². The number of nitrogens with two attached hydrogens (primary N) is 1. The number of hydrogen-bond acceptors (Lipinski definition) is 6. The van der Waals surface area contributed by atoms with Crippen LogP contribution >= 0.6 is 23.2 Å². The Morgan fingerprint density at radius 1 is 1.16 bits per heavy atom. The van der Waals surface area contributed by atoms with E-state index in [4.69, 9.17) is 28.9 Å². The Morgan fingerprint density at radius 3 is 2.68 bits per heavy atom. The van der Waals surface area contributed by atoms with Crippen LogP contribution in [0.1, 0.15) is 0 Å². The summed E-state index contributed by atoms with van der Waals surface area (Å²) in [6.45, 7) is 1.49. The minimum atomic E-state index is -0.536. The number of benzene rings is 1. The van der Waals surface area contributed by atoms with Gasteiger partial charge in [0.15, 0.2) is 5.82 Å². The van der Waals surface area contributed by atoms with Crippen molar-refractivity contribution in [2.45, 2.75) is 6.04 Å². The lowest BCUT2D eigenvalue weighted by Crippen LogP contribution is -2.56. The van der Waals surface area contributed by atoms with E-state index in [1.54, 1.807) is 0 Å². The lowest BCUT2D eigenvalue weighted by molar-refractivity contribution is 0.515. The fourth-order valence-electron chi connectivity index (χ4n) is 2.64. The number of halogens is 3. The van der Waals surface area contributed by atoms with Gasteiger partial charge >= 0.3 is 0 Å². The molecule has 0 bridgehead atoms. The van der Waals surface area contributed by atoms with Crippen LogP contribution in [0.15, 0.2) is 30.6 Å². The molecule has 3 N–H and O–H groups in total. The molecule has 1 saturated heterocycles. The molecular formula is C16H13Cl2FN6. The van der Waals surface area contributed by atoms with Crippen LogP contribution in [0, 0.1) is 5.82 Å². The van der Waals surface area contributed by atoms with Crippen molar-refractivity contribution in [3.8, 4) is 0 Å². The standard InChI is InChI=1S/C16H13Cl2FN6/c17-9-3-11(19)13(4-10(9)18)23-16-15-12(21-7-22-16)1-2-14(24-15)25-5-8(20)6-25/h1-4,7-8H,5-6,20H2,(H,21,22,23). The van der Waals surface area contributed by atoms with Crippen molar-refractivity contribution < 1.29 is 4.39 Å². The zero-order chi connectivity index (χ0) is 17.6.